The van der Waals surface area contributed by atoms with Gasteiger partial charge in [0.25, 0.3) is 0 Å². The van der Waals surface area contributed by atoms with Crippen LogP contribution in [0, 0.1) is 0 Å². The molecule has 5 heteroatoms. The Kier molecular flexibility index (Phi) is 4.03. The highest BCUT2D eigenvalue weighted by Crippen LogP contribution is 2.06. The summed E-state index contributed by atoms with van der Waals surface area (Å²) in [4.78, 5) is 24.2. The molecule has 1 heterocycles. The molecular formula is C9H16N2O3. The van der Waals surface area contributed by atoms with Crippen molar-refractivity contribution in [1.29, 1.82) is 0 Å². The molecule has 0 saturated carbocycles. The van der Waals surface area contributed by atoms with E-state index in [1.165, 1.54) is 6.92 Å². The fraction of sp³-hybridized carbons (Fsp3) is 0.778. The summed E-state index contributed by atoms with van der Waals surface area (Å²) in [6.07, 6.45) is 0. The number of carbonyl (C=O) groups is 2. The molecule has 80 valence electrons. The van der Waals surface area contributed by atoms with E-state index in [2.05, 4.69) is 5.32 Å². The molecule has 0 aliphatic carbocycles. The lowest BCUT2D eigenvalue weighted by Gasteiger charge is -2.33. The maximum Gasteiger partial charge on any atom is 0.239 e. The molecule has 1 saturated heterocycles. The average Bonchev–Trinajstić information content (AvgIpc) is 2.16. The van der Waals surface area contributed by atoms with Crippen molar-refractivity contribution < 1.29 is 14.3 Å². The van der Waals surface area contributed by atoms with Crippen LogP contribution in [0.15, 0.2) is 0 Å². The van der Waals surface area contributed by atoms with E-state index < -0.39 is 0 Å². The molecule has 0 spiro atoms. The van der Waals surface area contributed by atoms with E-state index in [4.69, 9.17) is 4.74 Å². The van der Waals surface area contributed by atoms with Gasteiger partial charge in [0, 0.05) is 13.6 Å². The Morgan fingerprint density at radius 2 is 2.29 bits per heavy atom. The molecule has 14 heavy (non-hydrogen) atoms. The van der Waals surface area contributed by atoms with Crippen molar-refractivity contribution in [2.24, 2.45) is 0 Å². The van der Waals surface area contributed by atoms with Gasteiger partial charge >= 0.3 is 0 Å². The van der Waals surface area contributed by atoms with Gasteiger partial charge in [-0.25, -0.2) is 0 Å². The Balaban J connectivity index is 2.58. The molecule has 0 aromatic heterocycles. The van der Waals surface area contributed by atoms with Gasteiger partial charge in [-0.1, -0.05) is 0 Å². The number of nitrogens with zero attached hydrogens (tertiary/aromatic N) is 1. The summed E-state index contributed by atoms with van der Waals surface area (Å²) in [6, 6.07) is -0.322. The Morgan fingerprint density at radius 3 is 2.86 bits per heavy atom. The number of ether oxygens (including phenoxy) is 1. The van der Waals surface area contributed by atoms with Crippen LogP contribution in [0.4, 0.5) is 0 Å². The van der Waals surface area contributed by atoms with E-state index >= 15 is 0 Å². The molecule has 1 amide bonds. The lowest BCUT2D eigenvalue weighted by Crippen LogP contribution is -2.54. The molecule has 1 N–H and O–H groups in total. The molecule has 5 nitrogen and oxygen atoms in total. The van der Waals surface area contributed by atoms with Crippen molar-refractivity contribution in [2.75, 3.05) is 33.4 Å². The number of likely N-dealkylation sites (N-methyl/N-ethyl adjacent to an activating group) is 1. The number of morpholine rings is 1. The SMILES string of the molecule is CNC(=O)C1COCCN1CC(C)=O. The summed E-state index contributed by atoms with van der Waals surface area (Å²) < 4.78 is 5.20. The number of hydrogen-bond acceptors (Lipinski definition) is 4. The van der Waals surface area contributed by atoms with Gasteiger partial charge in [0.2, 0.25) is 5.91 Å². The minimum absolute atomic E-state index is 0.0702. The molecule has 1 fully saturated rings. The molecule has 0 radical (unpaired) electrons. The molecular weight excluding hydrogens is 184 g/mol. The van der Waals surface area contributed by atoms with Gasteiger partial charge < -0.3 is 10.1 Å². The Bertz CT molecular complexity index is 230. The number of rotatable bonds is 3. The van der Waals surface area contributed by atoms with E-state index in [9.17, 15) is 9.59 Å². The van der Waals surface area contributed by atoms with Crippen molar-refractivity contribution in [3.63, 3.8) is 0 Å². The van der Waals surface area contributed by atoms with Crippen molar-refractivity contribution in [1.82, 2.24) is 10.2 Å². The second-order valence-corrected chi connectivity index (χ2v) is 3.38. The molecule has 1 aliphatic heterocycles. The van der Waals surface area contributed by atoms with E-state index in [0.717, 1.165) is 0 Å². The highest BCUT2D eigenvalue weighted by atomic mass is 16.5. The molecule has 1 atom stereocenters. The second kappa shape index (κ2) is 5.07. The summed E-state index contributed by atoms with van der Waals surface area (Å²) in [5.74, 6) is -0.0215. The van der Waals surface area contributed by atoms with Gasteiger partial charge in [-0.2, -0.15) is 0 Å². The summed E-state index contributed by atoms with van der Waals surface area (Å²) in [5.41, 5.74) is 0. The Morgan fingerprint density at radius 1 is 1.57 bits per heavy atom. The maximum atomic E-state index is 11.4. The van der Waals surface area contributed by atoms with Crippen LogP contribution in [0.5, 0.6) is 0 Å². The van der Waals surface area contributed by atoms with Crippen LogP contribution in [0.1, 0.15) is 6.92 Å². The van der Waals surface area contributed by atoms with Crippen LogP contribution in [0.3, 0.4) is 0 Å². The Labute approximate surface area is 83.4 Å². The van der Waals surface area contributed by atoms with Crippen molar-refractivity contribution >= 4 is 11.7 Å². The fourth-order valence-electron chi connectivity index (χ4n) is 1.52. The lowest BCUT2D eigenvalue weighted by atomic mass is 10.2. The molecule has 0 aromatic rings. The molecule has 0 aromatic carbocycles. The molecule has 1 rings (SSSR count). The van der Waals surface area contributed by atoms with E-state index in [0.29, 0.717) is 26.3 Å². The van der Waals surface area contributed by atoms with Crippen LogP contribution in [-0.4, -0.2) is 56.0 Å². The van der Waals surface area contributed by atoms with E-state index in [-0.39, 0.29) is 17.7 Å². The van der Waals surface area contributed by atoms with Gasteiger partial charge in [-0.05, 0) is 6.92 Å². The lowest BCUT2D eigenvalue weighted by molar-refractivity contribution is -0.134. The van der Waals surface area contributed by atoms with Gasteiger partial charge in [0.05, 0.1) is 19.8 Å². The third-order valence-electron chi connectivity index (χ3n) is 2.21. The predicted molar refractivity (Wildman–Crippen MR) is 50.9 cm³/mol. The summed E-state index contributed by atoms with van der Waals surface area (Å²) in [6.45, 7) is 3.43. The monoisotopic (exact) mass is 200 g/mol. The van der Waals surface area contributed by atoms with Crippen molar-refractivity contribution in [3.05, 3.63) is 0 Å². The number of nitrogens with one attached hydrogen (secondary N) is 1. The quantitative estimate of drug-likeness (QED) is 0.636. The topological polar surface area (TPSA) is 58.6 Å². The first-order valence-corrected chi connectivity index (χ1v) is 4.68. The van der Waals surface area contributed by atoms with Crippen LogP contribution in [0.2, 0.25) is 0 Å². The third-order valence-corrected chi connectivity index (χ3v) is 2.21. The first kappa shape index (κ1) is 11.1. The van der Waals surface area contributed by atoms with Crippen molar-refractivity contribution in [3.8, 4) is 0 Å². The predicted octanol–water partition coefficient (Wildman–Crippen LogP) is -0.978. The number of carbonyl (C=O) groups excluding carboxylic acids is 2. The van der Waals surface area contributed by atoms with E-state index in [1.54, 1.807) is 7.05 Å². The summed E-state index contributed by atoms with van der Waals surface area (Å²) in [7, 11) is 1.59. The minimum Gasteiger partial charge on any atom is -0.378 e. The number of Topliss-reactive ketones (excluding diaryl/α,β-unsaturated/α-hetero) is 1. The third kappa shape index (κ3) is 2.78. The molecule has 0 bridgehead atoms. The van der Waals surface area contributed by atoms with Crippen molar-refractivity contribution in [2.45, 2.75) is 13.0 Å². The Hall–Kier alpha value is -0.940. The minimum atomic E-state index is -0.322. The average molecular weight is 200 g/mol. The van der Waals surface area contributed by atoms with Crippen LogP contribution in [-0.2, 0) is 14.3 Å². The second-order valence-electron chi connectivity index (χ2n) is 3.38. The summed E-state index contributed by atoms with van der Waals surface area (Å²) in [5, 5.41) is 2.57. The zero-order chi connectivity index (χ0) is 10.6. The van der Waals surface area contributed by atoms with Gasteiger partial charge in [-0.3, -0.25) is 14.5 Å². The zero-order valence-electron chi connectivity index (χ0n) is 8.58. The normalized spacial score (nSPS) is 23.1. The van der Waals surface area contributed by atoms with Gasteiger partial charge in [0.1, 0.15) is 11.8 Å². The first-order valence-electron chi connectivity index (χ1n) is 4.68. The number of ketones is 1. The largest absolute Gasteiger partial charge is 0.378 e. The van der Waals surface area contributed by atoms with Crippen LogP contribution < -0.4 is 5.32 Å². The maximum absolute atomic E-state index is 11.4. The zero-order valence-corrected chi connectivity index (χ0v) is 8.58. The standard InChI is InChI=1S/C9H16N2O3/c1-7(12)5-11-3-4-14-6-8(11)9(13)10-2/h8H,3-6H2,1-2H3,(H,10,13). The smallest absolute Gasteiger partial charge is 0.239 e. The number of amides is 1. The van der Waals surface area contributed by atoms with Crippen LogP contribution >= 0.6 is 0 Å². The molecule has 1 aliphatic rings. The van der Waals surface area contributed by atoms with Crippen LogP contribution in [0.25, 0.3) is 0 Å². The van der Waals surface area contributed by atoms with Gasteiger partial charge in [0.15, 0.2) is 0 Å². The van der Waals surface area contributed by atoms with Gasteiger partial charge in [-0.15, -0.1) is 0 Å². The summed E-state index contributed by atoms with van der Waals surface area (Å²) >= 11 is 0. The highest BCUT2D eigenvalue weighted by Gasteiger charge is 2.28. The fourth-order valence-corrected chi connectivity index (χ4v) is 1.52. The molecule has 1 unspecified atom stereocenters. The highest BCUT2D eigenvalue weighted by molar-refractivity contribution is 5.83. The number of hydrogen-bond donors (Lipinski definition) is 1. The first-order chi connectivity index (χ1) is 6.65. The van der Waals surface area contributed by atoms with E-state index in [1.807, 2.05) is 4.90 Å².